The van der Waals surface area contributed by atoms with Gasteiger partial charge in [-0.1, -0.05) is 0 Å². The summed E-state index contributed by atoms with van der Waals surface area (Å²) in [6.45, 7) is 2.03. The molecule has 3 aromatic rings. The molecule has 0 spiro atoms. The van der Waals surface area contributed by atoms with Gasteiger partial charge in [-0.2, -0.15) is 0 Å². The molecule has 1 N–H and O–H groups in total. The fraction of sp³-hybridized carbons (Fsp3) is 0.286. The van der Waals surface area contributed by atoms with E-state index in [9.17, 15) is 9.59 Å². The number of likely N-dealkylation sites (tertiary alicyclic amines) is 1. The molecule has 1 saturated heterocycles. The van der Waals surface area contributed by atoms with Crippen LogP contribution < -0.4 is 5.32 Å². The van der Waals surface area contributed by atoms with Crippen LogP contribution in [-0.4, -0.2) is 41.3 Å². The number of furan rings is 1. The van der Waals surface area contributed by atoms with Crippen molar-refractivity contribution in [3.05, 3.63) is 59.5 Å². The number of aromatic nitrogens is 1. The molecule has 7 heteroatoms. The lowest BCUT2D eigenvalue weighted by Gasteiger charge is -2.31. The number of amides is 2. The third-order valence-corrected chi connectivity index (χ3v) is 5.80. The first-order chi connectivity index (χ1) is 13.7. The van der Waals surface area contributed by atoms with E-state index >= 15 is 0 Å². The largest absolute Gasteiger partial charge is 0.465 e. The third-order valence-electron chi connectivity index (χ3n) is 5.00. The molecule has 3 heterocycles. The lowest BCUT2D eigenvalue weighted by atomic mass is 9.96. The van der Waals surface area contributed by atoms with Gasteiger partial charge in [0.2, 0.25) is 5.91 Å². The van der Waals surface area contributed by atoms with Crippen LogP contribution in [-0.2, 0) is 4.79 Å². The minimum absolute atomic E-state index is 0.00301. The summed E-state index contributed by atoms with van der Waals surface area (Å²) in [5.74, 6) is 0.989. The number of nitrogens with one attached hydrogen (secondary N) is 1. The Morgan fingerprint density at radius 3 is 2.93 bits per heavy atom. The van der Waals surface area contributed by atoms with Crippen molar-refractivity contribution < 1.29 is 14.0 Å². The van der Waals surface area contributed by atoms with E-state index in [2.05, 4.69) is 10.3 Å². The van der Waals surface area contributed by atoms with Gasteiger partial charge in [0.25, 0.3) is 5.91 Å². The predicted molar refractivity (Wildman–Crippen MR) is 109 cm³/mol. The van der Waals surface area contributed by atoms with Gasteiger partial charge in [0, 0.05) is 31.3 Å². The molecule has 0 radical (unpaired) electrons. The second-order valence-corrected chi connectivity index (χ2v) is 7.75. The first-order valence-corrected chi connectivity index (χ1v) is 10.2. The first kappa shape index (κ1) is 18.4. The van der Waals surface area contributed by atoms with E-state index in [4.69, 9.17) is 4.42 Å². The van der Waals surface area contributed by atoms with Crippen LogP contribution in [0.15, 0.2) is 52.6 Å². The molecule has 144 valence electrons. The van der Waals surface area contributed by atoms with Gasteiger partial charge in [0.05, 0.1) is 22.0 Å². The summed E-state index contributed by atoms with van der Waals surface area (Å²) in [6, 6.07) is 9.17. The fourth-order valence-corrected chi connectivity index (χ4v) is 4.05. The second kappa shape index (κ2) is 8.39. The normalized spacial score (nSPS) is 15.4. The molecular weight excluding hydrogens is 374 g/mol. The number of fused-ring (bicyclic) bond motifs is 1. The molecule has 0 aliphatic carbocycles. The highest BCUT2D eigenvalue weighted by Gasteiger charge is 2.22. The maximum Gasteiger partial charge on any atom is 0.251 e. The highest BCUT2D eigenvalue weighted by molar-refractivity contribution is 7.16. The van der Waals surface area contributed by atoms with Crippen molar-refractivity contribution in [2.75, 3.05) is 19.6 Å². The van der Waals surface area contributed by atoms with Gasteiger partial charge in [-0.15, -0.1) is 11.3 Å². The quantitative estimate of drug-likeness (QED) is 0.670. The summed E-state index contributed by atoms with van der Waals surface area (Å²) in [5.41, 5.74) is 3.36. The van der Waals surface area contributed by atoms with Crippen molar-refractivity contribution >= 4 is 39.4 Å². The number of carbonyl (C=O) groups excluding carboxylic acids is 2. The number of carbonyl (C=O) groups is 2. The van der Waals surface area contributed by atoms with Crippen LogP contribution in [0.25, 0.3) is 16.3 Å². The van der Waals surface area contributed by atoms with Crippen molar-refractivity contribution in [1.29, 1.82) is 0 Å². The first-order valence-electron chi connectivity index (χ1n) is 9.31. The summed E-state index contributed by atoms with van der Waals surface area (Å²) in [4.78, 5) is 30.7. The summed E-state index contributed by atoms with van der Waals surface area (Å²) in [5, 5.41) is 3.03. The fourth-order valence-electron chi connectivity index (χ4n) is 3.34. The number of rotatable bonds is 5. The van der Waals surface area contributed by atoms with E-state index in [0.717, 1.165) is 23.1 Å². The van der Waals surface area contributed by atoms with Crippen LogP contribution in [0.5, 0.6) is 0 Å². The molecular formula is C21H21N3O3S. The van der Waals surface area contributed by atoms with Crippen molar-refractivity contribution in [1.82, 2.24) is 15.2 Å². The van der Waals surface area contributed by atoms with Gasteiger partial charge in [0.1, 0.15) is 5.76 Å². The van der Waals surface area contributed by atoms with E-state index in [0.29, 0.717) is 36.9 Å². The number of nitrogens with zero attached hydrogens (tertiary/aromatic N) is 2. The number of piperidine rings is 1. The molecule has 0 bridgehead atoms. The molecule has 1 fully saturated rings. The maximum absolute atomic E-state index is 12.4. The minimum atomic E-state index is -0.0600. The molecule has 1 aliphatic heterocycles. The Hall–Kier alpha value is -2.93. The van der Waals surface area contributed by atoms with Crippen molar-refractivity contribution in [3.8, 4) is 0 Å². The summed E-state index contributed by atoms with van der Waals surface area (Å²) >= 11 is 1.53. The van der Waals surface area contributed by atoms with E-state index in [1.54, 1.807) is 30.0 Å². The van der Waals surface area contributed by atoms with Gasteiger partial charge in [-0.05, 0) is 55.2 Å². The highest BCUT2D eigenvalue weighted by atomic mass is 32.1. The Bertz CT molecular complexity index is 985. The van der Waals surface area contributed by atoms with Crippen LogP contribution in [0.4, 0.5) is 0 Å². The summed E-state index contributed by atoms with van der Waals surface area (Å²) < 4.78 is 6.21. The van der Waals surface area contributed by atoms with E-state index in [1.807, 2.05) is 29.2 Å². The topological polar surface area (TPSA) is 75.4 Å². The number of hydrogen-bond donors (Lipinski definition) is 1. The number of hydrogen-bond acceptors (Lipinski definition) is 5. The maximum atomic E-state index is 12.4. The Kier molecular flexibility index (Phi) is 5.53. The van der Waals surface area contributed by atoms with Crippen LogP contribution in [0.3, 0.4) is 0 Å². The Morgan fingerprint density at radius 1 is 1.29 bits per heavy atom. The van der Waals surface area contributed by atoms with Gasteiger partial charge in [-0.3, -0.25) is 9.59 Å². The SMILES string of the molecule is O=C(NCC1CCN(C(=O)/C=C/c2ccco2)CC1)c1ccc2ncsc2c1. The average molecular weight is 395 g/mol. The lowest BCUT2D eigenvalue weighted by Crippen LogP contribution is -2.40. The second-order valence-electron chi connectivity index (χ2n) is 6.86. The Labute approximate surface area is 166 Å². The molecule has 4 rings (SSSR count). The molecule has 2 amide bonds. The zero-order valence-corrected chi connectivity index (χ0v) is 16.2. The molecule has 6 nitrogen and oxygen atoms in total. The predicted octanol–water partition coefficient (Wildman–Crippen LogP) is 3.57. The van der Waals surface area contributed by atoms with Gasteiger partial charge >= 0.3 is 0 Å². The van der Waals surface area contributed by atoms with Crippen molar-refractivity contribution in [3.63, 3.8) is 0 Å². The zero-order chi connectivity index (χ0) is 19.3. The molecule has 0 atom stereocenters. The highest BCUT2D eigenvalue weighted by Crippen LogP contribution is 2.20. The number of benzene rings is 1. The van der Waals surface area contributed by atoms with Crippen molar-refractivity contribution in [2.45, 2.75) is 12.8 Å². The van der Waals surface area contributed by atoms with Gasteiger partial charge < -0.3 is 14.6 Å². The molecule has 0 unspecified atom stereocenters. The summed E-state index contributed by atoms with van der Waals surface area (Å²) in [6.07, 6.45) is 6.59. The van der Waals surface area contributed by atoms with Crippen LogP contribution in [0, 0.1) is 5.92 Å². The van der Waals surface area contributed by atoms with Crippen LogP contribution in [0.2, 0.25) is 0 Å². The smallest absolute Gasteiger partial charge is 0.251 e. The molecule has 1 aromatic carbocycles. The lowest BCUT2D eigenvalue weighted by molar-refractivity contribution is -0.127. The minimum Gasteiger partial charge on any atom is -0.465 e. The van der Waals surface area contributed by atoms with E-state index in [-0.39, 0.29) is 11.8 Å². The zero-order valence-electron chi connectivity index (χ0n) is 15.3. The summed E-state index contributed by atoms with van der Waals surface area (Å²) in [7, 11) is 0. The average Bonchev–Trinajstić information content (AvgIpc) is 3.41. The van der Waals surface area contributed by atoms with E-state index < -0.39 is 0 Å². The van der Waals surface area contributed by atoms with E-state index in [1.165, 1.54) is 11.3 Å². The van der Waals surface area contributed by atoms with Gasteiger partial charge in [-0.25, -0.2) is 4.98 Å². The monoisotopic (exact) mass is 395 g/mol. The van der Waals surface area contributed by atoms with Crippen LogP contribution in [0.1, 0.15) is 29.0 Å². The Morgan fingerprint density at radius 2 is 2.14 bits per heavy atom. The van der Waals surface area contributed by atoms with Crippen molar-refractivity contribution in [2.24, 2.45) is 5.92 Å². The Balaban J connectivity index is 1.24. The molecule has 2 aromatic heterocycles. The molecule has 0 saturated carbocycles. The molecule has 1 aliphatic rings. The van der Waals surface area contributed by atoms with Gasteiger partial charge in [0.15, 0.2) is 0 Å². The standard InChI is InChI=1S/C21H21N3O3S/c25-20(6-4-17-2-1-11-27-17)24-9-7-15(8-10-24)13-22-21(26)16-3-5-18-19(12-16)28-14-23-18/h1-6,11-12,14-15H,7-10,13H2,(H,22,26)/b6-4+. The third kappa shape index (κ3) is 4.31. The number of thiazole rings is 1. The van der Waals surface area contributed by atoms with Crippen LogP contribution >= 0.6 is 11.3 Å². The molecule has 28 heavy (non-hydrogen) atoms.